The summed E-state index contributed by atoms with van der Waals surface area (Å²) in [5.41, 5.74) is 6.14. The molecular formula is C28H22FN5O4S. The minimum absolute atomic E-state index is 0.0176. The van der Waals surface area contributed by atoms with Gasteiger partial charge in [-0.05, 0) is 41.0 Å². The number of ether oxygens (including phenoxy) is 2. The van der Waals surface area contributed by atoms with E-state index in [0.29, 0.717) is 12.2 Å². The van der Waals surface area contributed by atoms with Gasteiger partial charge in [-0.25, -0.2) is 9.37 Å². The van der Waals surface area contributed by atoms with Crippen molar-refractivity contribution < 1.29 is 18.7 Å². The number of halogens is 1. The number of nitrogens with one attached hydrogen (secondary N) is 2. The van der Waals surface area contributed by atoms with Crippen LogP contribution >= 0.6 is 11.3 Å². The number of thiazole rings is 1. The third-order valence-electron chi connectivity index (χ3n) is 5.94. The van der Waals surface area contributed by atoms with Gasteiger partial charge in [0, 0.05) is 0 Å². The van der Waals surface area contributed by atoms with E-state index in [9.17, 15) is 9.18 Å². The monoisotopic (exact) mass is 543 g/mol. The average Bonchev–Trinajstić information content (AvgIpc) is 3.59. The van der Waals surface area contributed by atoms with Gasteiger partial charge in [-0.2, -0.15) is 4.98 Å². The van der Waals surface area contributed by atoms with Crippen molar-refractivity contribution in [1.29, 1.82) is 0 Å². The summed E-state index contributed by atoms with van der Waals surface area (Å²) in [5, 5.41) is 2.10. The number of aromatic nitrogens is 3. The number of rotatable bonds is 8. The molecule has 0 saturated carbocycles. The summed E-state index contributed by atoms with van der Waals surface area (Å²) in [5.74, 6) is 0.403. The van der Waals surface area contributed by atoms with Crippen molar-refractivity contribution in [3.05, 3.63) is 111 Å². The number of fused-ring (bicyclic) bond motifs is 1. The van der Waals surface area contributed by atoms with E-state index in [4.69, 9.17) is 19.3 Å². The van der Waals surface area contributed by atoms with Crippen LogP contribution in [-0.4, -0.2) is 22.1 Å². The Morgan fingerprint density at radius 3 is 2.62 bits per heavy atom. The van der Waals surface area contributed by atoms with Crippen LogP contribution in [0.1, 0.15) is 10.6 Å². The van der Waals surface area contributed by atoms with Gasteiger partial charge < -0.3 is 14.3 Å². The Kier molecular flexibility index (Phi) is 6.55. The van der Waals surface area contributed by atoms with Gasteiger partial charge in [0.05, 0.1) is 29.9 Å². The maximum Gasteiger partial charge on any atom is 0.298 e. The number of hydrogen-bond acceptors (Lipinski definition) is 9. The van der Waals surface area contributed by atoms with Crippen LogP contribution in [0, 0.1) is 5.82 Å². The van der Waals surface area contributed by atoms with E-state index in [1.54, 1.807) is 29.7 Å². The smallest absolute Gasteiger partial charge is 0.298 e. The van der Waals surface area contributed by atoms with Crippen LogP contribution in [0.4, 0.5) is 10.2 Å². The van der Waals surface area contributed by atoms with Gasteiger partial charge in [0.1, 0.15) is 17.4 Å². The van der Waals surface area contributed by atoms with E-state index < -0.39 is 5.56 Å². The lowest BCUT2D eigenvalue weighted by Gasteiger charge is -2.19. The summed E-state index contributed by atoms with van der Waals surface area (Å²) in [7, 11) is 1.41. The minimum Gasteiger partial charge on any atom is -0.480 e. The number of aromatic amines is 1. The lowest BCUT2D eigenvalue weighted by Crippen LogP contribution is -2.32. The number of allylic oxidation sites excluding steroid dienone is 1. The number of hydrazine groups is 1. The van der Waals surface area contributed by atoms with E-state index in [1.807, 2.05) is 48.5 Å². The summed E-state index contributed by atoms with van der Waals surface area (Å²) in [4.78, 5) is 30.3. The summed E-state index contributed by atoms with van der Waals surface area (Å²) >= 11 is 1.54. The van der Waals surface area contributed by atoms with E-state index in [-0.39, 0.29) is 30.0 Å². The molecule has 0 spiro atoms. The van der Waals surface area contributed by atoms with Crippen LogP contribution < -0.4 is 25.6 Å². The molecule has 0 aliphatic carbocycles. The lowest BCUT2D eigenvalue weighted by molar-refractivity contribution is 0.178. The maximum atomic E-state index is 13.3. The number of hydrogen-bond donors (Lipinski definition) is 2. The van der Waals surface area contributed by atoms with Gasteiger partial charge in [0.2, 0.25) is 11.6 Å². The molecule has 1 aliphatic rings. The summed E-state index contributed by atoms with van der Waals surface area (Å²) in [6.45, 7) is 0.171. The van der Waals surface area contributed by atoms with Gasteiger partial charge in [-0.3, -0.25) is 15.2 Å². The molecule has 11 heteroatoms. The Balaban J connectivity index is 1.19. The molecule has 0 atom stereocenters. The molecule has 0 amide bonds. The number of benzene rings is 3. The normalized spacial score (nSPS) is 12.7. The molecular weight excluding hydrogens is 521 g/mol. The van der Waals surface area contributed by atoms with E-state index in [2.05, 4.69) is 15.4 Å². The van der Waals surface area contributed by atoms with Gasteiger partial charge in [0.15, 0.2) is 5.76 Å². The highest BCUT2D eigenvalue weighted by atomic mass is 32.1. The van der Waals surface area contributed by atoms with Crippen LogP contribution in [0.5, 0.6) is 11.8 Å². The first-order valence-electron chi connectivity index (χ1n) is 12.0. The zero-order valence-corrected chi connectivity index (χ0v) is 21.5. The molecule has 0 unspecified atom stereocenters. The van der Waals surface area contributed by atoms with Gasteiger partial charge >= 0.3 is 0 Å². The first-order chi connectivity index (χ1) is 19.1. The molecule has 0 saturated heterocycles. The van der Waals surface area contributed by atoms with Crippen molar-refractivity contribution in [3.8, 4) is 22.9 Å². The predicted octanol–water partition coefficient (Wildman–Crippen LogP) is 5.11. The Morgan fingerprint density at radius 2 is 1.82 bits per heavy atom. The van der Waals surface area contributed by atoms with Crippen LogP contribution in [0.15, 0.2) is 89.6 Å². The standard InChI is InChI=1S/C28H22FN5O4S/c1-36-28-32-26(25(27(35)33-28)37-16-17-5-3-2-4-6-17)34-30-15-21(38-34)14-24-31-22-12-9-19(13-23(22)39-24)18-7-10-20(29)11-8-18/h2-13,15,30H,14,16H2,1H3,(H,32,33,35). The van der Waals surface area contributed by atoms with Crippen LogP contribution in [0.3, 0.4) is 0 Å². The molecule has 9 nitrogen and oxygen atoms in total. The molecule has 39 heavy (non-hydrogen) atoms. The first kappa shape index (κ1) is 24.4. The zero-order chi connectivity index (χ0) is 26.8. The van der Waals surface area contributed by atoms with Gasteiger partial charge in [-0.1, -0.05) is 53.7 Å². The van der Waals surface area contributed by atoms with Gasteiger partial charge in [0.25, 0.3) is 11.6 Å². The number of anilines is 1. The number of nitrogens with zero attached hydrogens (tertiary/aromatic N) is 3. The van der Waals surface area contributed by atoms with Crippen molar-refractivity contribution in [2.45, 2.75) is 13.0 Å². The minimum atomic E-state index is -0.505. The van der Waals surface area contributed by atoms with E-state index in [1.165, 1.54) is 24.4 Å². The van der Waals surface area contributed by atoms with Crippen LogP contribution in [0.25, 0.3) is 21.3 Å². The molecule has 0 bridgehead atoms. The summed E-state index contributed by atoms with van der Waals surface area (Å²) < 4.78 is 25.3. The fourth-order valence-electron chi connectivity index (χ4n) is 4.03. The molecule has 6 rings (SSSR count). The molecule has 5 aromatic rings. The van der Waals surface area contributed by atoms with Crippen molar-refractivity contribution in [2.75, 3.05) is 12.3 Å². The highest BCUT2D eigenvalue weighted by Gasteiger charge is 2.26. The SMILES string of the molecule is COc1nc(N2NC=C(Cc3nc4ccc(-c5ccc(F)cc5)cc4s3)O2)c(OCc2ccccc2)c(=O)[nH]1. The highest BCUT2D eigenvalue weighted by Crippen LogP contribution is 2.31. The van der Waals surface area contributed by atoms with Crippen LogP contribution in [0.2, 0.25) is 0 Å². The van der Waals surface area contributed by atoms with Crippen LogP contribution in [-0.2, 0) is 17.9 Å². The second kappa shape index (κ2) is 10.5. The molecule has 196 valence electrons. The largest absolute Gasteiger partial charge is 0.480 e. The summed E-state index contributed by atoms with van der Waals surface area (Å²) in [6.07, 6.45) is 2.08. The van der Waals surface area contributed by atoms with Gasteiger partial charge in [-0.15, -0.1) is 11.3 Å². The second-order valence-electron chi connectivity index (χ2n) is 8.60. The third-order valence-corrected chi connectivity index (χ3v) is 6.95. The van der Waals surface area contributed by atoms with Crippen molar-refractivity contribution in [2.24, 2.45) is 0 Å². The van der Waals surface area contributed by atoms with E-state index in [0.717, 1.165) is 31.9 Å². The fraction of sp³-hybridized carbons (Fsp3) is 0.107. The second-order valence-corrected chi connectivity index (χ2v) is 9.72. The molecule has 2 aromatic heterocycles. The zero-order valence-electron chi connectivity index (χ0n) is 20.7. The predicted molar refractivity (Wildman–Crippen MR) is 146 cm³/mol. The molecule has 1 aliphatic heterocycles. The topological polar surface area (TPSA) is 102 Å². The molecule has 0 fully saturated rings. The molecule has 2 N–H and O–H groups in total. The third kappa shape index (κ3) is 5.25. The quantitative estimate of drug-likeness (QED) is 0.278. The Morgan fingerprint density at radius 1 is 1.03 bits per heavy atom. The molecule has 0 radical (unpaired) electrons. The van der Waals surface area contributed by atoms with E-state index >= 15 is 0 Å². The Labute approximate surface area is 226 Å². The number of methoxy groups -OCH3 is 1. The fourth-order valence-corrected chi connectivity index (χ4v) is 5.05. The maximum absolute atomic E-state index is 13.3. The lowest BCUT2D eigenvalue weighted by atomic mass is 10.1. The Bertz CT molecular complexity index is 1720. The van der Waals surface area contributed by atoms with Crippen molar-refractivity contribution >= 4 is 27.4 Å². The Hall–Kier alpha value is -4.90. The number of H-pyrrole nitrogens is 1. The highest BCUT2D eigenvalue weighted by molar-refractivity contribution is 7.18. The summed E-state index contributed by atoms with van der Waals surface area (Å²) in [6, 6.07) is 21.9. The average molecular weight is 544 g/mol. The molecule has 3 heterocycles. The molecule has 3 aromatic carbocycles. The van der Waals surface area contributed by atoms with Crippen molar-refractivity contribution in [1.82, 2.24) is 20.4 Å². The van der Waals surface area contributed by atoms with Crippen molar-refractivity contribution in [3.63, 3.8) is 0 Å². The first-order valence-corrected chi connectivity index (χ1v) is 12.8.